The molecule has 1 aromatic heterocycles. The molecule has 5 heteroatoms. The first kappa shape index (κ1) is 11.7. The lowest BCUT2D eigenvalue weighted by Gasteiger charge is -2.09. The predicted octanol–water partition coefficient (Wildman–Crippen LogP) is 2.31. The number of fused-ring (bicyclic) bond motifs is 1. The second-order valence-electron chi connectivity index (χ2n) is 3.45. The van der Waals surface area contributed by atoms with Crippen LogP contribution in [0.2, 0.25) is 0 Å². The molecule has 1 atom stereocenters. The van der Waals surface area contributed by atoms with Crippen LogP contribution in [0, 0.1) is 0 Å². The fourth-order valence-electron chi connectivity index (χ4n) is 1.43. The summed E-state index contributed by atoms with van der Waals surface area (Å²) in [6, 6.07) is 9.20. The van der Waals surface area contributed by atoms with Crippen LogP contribution in [0.1, 0.15) is 0 Å². The molecule has 1 unspecified atom stereocenters. The number of para-hydroxylation sites is 1. The first-order valence-electron chi connectivity index (χ1n) is 5.02. The Bertz CT molecular complexity index is 539. The SMILES string of the molecule is O=C(O)C(Cl)COc1cccc2cccnc12. The molecule has 1 heterocycles. The zero-order valence-corrected chi connectivity index (χ0v) is 9.59. The van der Waals surface area contributed by atoms with Gasteiger partial charge in [0.2, 0.25) is 0 Å². The van der Waals surface area contributed by atoms with Gasteiger partial charge in [0, 0.05) is 11.6 Å². The Morgan fingerprint density at radius 1 is 1.41 bits per heavy atom. The molecule has 0 spiro atoms. The van der Waals surface area contributed by atoms with E-state index in [1.165, 1.54) is 0 Å². The maximum absolute atomic E-state index is 10.6. The van der Waals surface area contributed by atoms with E-state index < -0.39 is 11.3 Å². The summed E-state index contributed by atoms with van der Waals surface area (Å²) in [5.41, 5.74) is 0.698. The second-order valence-corrected chi connectivity index (χ2v) is 3.97. The van der Waals surface area contributed by atoms with Crippen molar-refractivity contribution in [2.45, 2.75) is 5.38 Å². The molecule has 4 nitrogen and oxygen atoms in total. The number of aliphatic carboxylic acids is 1. The topological polar surface area (TPSA) is 59.4 Å². The Balaban J connectivity index is 2.21. The van der Waals surface area contributed by atoms with E-state index in [0.717, 1.165) is 5.39 Å². The minimum absolute atomic E-state index is 0.0907. The van der Waals surface area contributed by atoms with E-state index in [4.69, 9.17) is 21.4 Å². The molecule has 0 bridgehead atoms. The van der Waals surface area contributed by atoms with Gasteiger partial charge in [0.05, 0.1) is 0 Å². The number of nitrogens with zero attached hydrogens (tertiary/aromatic N) is 1. The van der Waals surface area contributed by atoms with Crippen LogP contribution >= 0.6 is 11.6 Å². The molecule has 0 aliphatic heterocycles. The summed E-state index contributed by atoms with van der Waals surface area (Å²) in [6.07, 6.45) is 1.66. The number of ether oxygens (including phenoxy) is 1. The number of carbonyl (C=O) groups is 1. The number of hydrogen-bond donors (Lipinski definition) is 1. The maximum atomic E-state index is 10.6. The van der Waals surface area contributed by atoms with Gasteiger partial charge in [0.1, 0.15) is 17.9 Å². The van der Waals surface area contributed by atoms with Crippen molar-refractivity contribution in [3.8, 4) is 5.75 Å². The number of alkyl halides is 1. The standard InChI is InChI=1S/C12H10ClNO3/c13-9(12(15)16)7-17-10-5-1-3-8-4-2-6-14-11(8)10/h1-6,9H,7H2,(H,15,16). The van der Waals surface area contributed by atoms with E-state index >= 15 is 0 Å². The molecule has 2 aromatic rings. The van der Waals surface area contributed by atoms with Gasteiger partial charge in [0.15, 0.2) is 5.38 Å². The van der Waals surface area contributed by atoms with Crippen molar-refractivity contribution in [3.63, 3.8) is 0 Å². The molecular weight excluding hydrogens is 242 g/mol. The number of aromatic nitrogens is 1. The van der Waals surface area contributed by atoms with Crippen LogP contribution in [0.25, 0.3) is 10.9 Å². The van der Waals surface area contributed by atoms with E-state index in [-0.39, 0.29) is 6.61 Å². The van der Waals surface area contributed by atoms with Crippen molar-refractivity contribution in [1.29, 1.82) is 0 Å². The van der Waals surface area contributed by atoms with Gasteiger partial charge >= 0.3 is 5.97 Å². The van der Waals surface area contributed by atoms with Crippen molar-refractivity contribution in [1.82, 2.24) is 4.98 Å². The summed E-state index contributed by atoms with van der Waals surface area (Å²) in [6.45, 7) is -0.0907. The predicted molar refractivity (Wildman–Crippen MR) is 64.5 cm³/mol. The van der Waals surface area contributed by atoms with Crippen molar-refractivity contribution in [2.24, 2.45) is 0 Å². The van der Waals surface area contributed by atoms with Gasteiger partial charge in [-0.2, -0.15) is 0 Å². The van der Waals surface area contributed by atoms with Gasteiger partial charge in [-0.3, -0.25) is 9.78 Å². The van der Waals surface area contributed by atoms with Crippen LogP contribution in [0.3, 0.4) is 0 Å². The summed E-state index contributed by atoms with van der Waals surface area (Å²) in [5.74, 6) is -0.560. The molecule has 0 saturated heterocycles. The minimum atomic E-state index is -1.10. The quantitative estimate of drug-likeness (QED) is 0.847. The van der Waals surface area contributed by atoms with Gasteiger partial charge in [-0.1, -0.05) is 18.2 Å². The zero-order chi connectivity index (χ0) is 12.3. The van der Waals surface area contributed by atoms with Crippen molar-refractivity contribution < 1.29 is 14.6 Å². The van der Waals surface area contributed by atoms with Gasteiger partial charge in [-0.05, 0) is 12.1 Å². The molecule has 1 N–H and O–H groups in total. The molecule has 2 rings (SSSR count). The number of pyridine rings is 1. The molecule has 0 aliphatic carbocycles. The van der Waals surface area contributed by atoms with Crippen LogP contribution in [0.15, 0.2) is 36.5 Å². The lowest BCUT2D eigenvalue weighted by atomic mass is 10.2. The first-order valence-corrected chi connectivity index (χ1v) is 5.45. The maximum Gasteiger partial charge on any atom is 0.325 e. The van der Waals surface area contributed by atoms with Crippen LogP contribution < -0.4 is 4.74 Å². The Labute approximate surface area is 103 Å². The van der Waals surface area contributed by atoms with E-state index in [1.807, 2.05) is 24.3 Å². The number of carboxylic acids is 1. The number of hydrogen-bond acceptors (Lipinski definition) is 3. The monoisotopic (exact) mass is 251 g/mol. The Morgan fingerprint density at radius 3 is 2.94 bits per heavy atom. The van der Waals surface area contributed by atoms with Gasteiger partial charge in [-0.15, -0.1) is 11.6 Å². The molecular formula is C12H10ClNO3. The van der Waals surface area contributed by atoms with Crippen LogP contribution in [0.5, 0.6) is 5.75 Å². The molecule has 0 radical (unpaired) electrons. The van der Waals surface area contributed by atoms with E-state index in [9.17, 15) is 4.79 Å². The van der Waals surface area contributed by atoms with E-state index in [2.05, 4.69) is 4.98 Å². The highest BCUT2D eigenvalue weighted by Gasteiger charge is 2.15. The summed E-state index contributed by atoms with van der Waals surface area (Å²) >= 11 is 5.57. The molecule has 0 fully saturated rings. The Morgan fingerprint density at radius 2 is 2.18 bits per heavy atom. The largest absolute Gasteiger partial charge is 0.489 e. The average molecular weight is 252 g/mol. The molecule has 0 saturated carbocycles. The van der Waals surface area contributed by atoms with Crippen molar-refractivity contribution in [3.05, 3.63) is 36.5 Å². The number of carboxylic acid groups (broad SMARTS) is 1. The molecule has 88 valence electrons. The average Bonchev–Trinajstić information content (AvgIpc) is 2.35. The first-order chi connectivity index (χ1) is 8.18. The molecule has 1 aromatic carbocycles. The Kier molecular flexibility index (Phi) is 3.44. The Hall–Kier alpha value is -1.81. The lowest BCUT2D eigenvalue weighted by Crippen LogP contribution is -2.21. The van der Waals surface area contributed by atoms with Crippen molar-refractivity contribution >= 4 is 28.5 Å². The summed E-state index contributed by atoms with van der Waals surface area (Å²) in [4.78, 5) is 14.7. The molecule has 0 aliphatic rings. The third-order valence-electron chi connectivity index (χ3n) is 2.25. The third kappa shape index (κ3) is 2.65. The van der Waals surface area contributed by atoms with Crippen LogP contribution in [-0.4, -0.2) is 28.0 Å². The molecule has 17 heavy (non-hydrogen) atoms. The fourth-order valence-corrected chi connectivity index (χ4v) is 1.49. The van der Waals surface area contributed by atoms with Crippen LogP contribution in [0.4, 0.5) is 0 Å². The number of halogens is 1. The normalized spacial score (nSPS) is 12.3. The highest BCUT2D eigenvalue weighted by molar-refractivity contribution is 6.29. The zero-order valence-electron chi connectivity index (χ0n) is 8.84. The summed E-state index contributed by atoms with van der Waals surface area (Å²) in [7, 11) is 0. The fraction of sp³-hybridized carbons (Fsp3) is 0.167. The van der Waals surface area contributed by atoms with Gasteiger partial charge in [0.25, 0.3) is 0 Å². The van der Waals surface area contributed by atoms with Crippen LogP contribution in [-0.2, 0) is 4.79 Å². The highest BCUT2D eigenvalue weighted by atomic mass is 35.5. The smallest absolute Gasteiger partial charge is 0.325 e. The minimum Gasteiger partial charge on any atom is -0.489 e. The highest BCUT2D eigenvalue weighted by Crippen LogP contribution is 2.23. The number of rotatable bonds is 4. The summed E-state index contributed by atoms with van der Waals surface area (Å²) < 4.78 is 5.37. The van der Waals surface area contributed by atoms with E-state index in [0.29, 0.717) is 11.3 Å². The second kappa shape index (κ2) is 5.01. The van der Waals surface area contributed by atoms with Crippen molar-refractivity contribution in [2.75, 3.05) is 6.61 Å². The molecule has 0 amide bonds. The third-order valence-corrected chi connectivity index (χ3v) is 2.56. The van der Waals surface area contributed by atoms with Gasteiger partial charge < -0.3 is 9.84 Å². The lowest BCUT2D eigenvalue weighted by molar-refractivity contribution is -0.137. The van der Waals surface area contributed by atoms with Gasteiger partial charge in [-0.25, -0.2) is 0 Å². The summed E-state index contributed by atoms with van der Waals surface area (Å²) in [5, 5.41) is 8.52. The number of benzene rings is 1. The van der Waals surface area contributed by atoms with E-state index in [1.54, 1.807) is 12.3 Å².